The van der Waals surface area contributed by atoms with Crippen LogP contribution in [0.25, 0.3) is 0 Å². The molecule has 140 valence electrons. The van der Waals surface area contributed by atoms with Gasteiger partial charge < -0.3 is 14.5 Å². The summed E-state index contributed by atoms with van der Waals surface area (Å²) in [6.45, 7) is -2.95. The van der Waals surface area contributed by atoms with Crippen LogP contribution >= 0.6 is 15.9 Å². The molecule has 1 fully saturated rings. The summed E-state index contributed by atoms with van der Waals surface area (Å²) >= 11 is 3.27. The maximum atomic E-state index is 12.5. The van der Waals surface area contributed by atoms with Gasteiger partial charge in [-0.1, -0.05) is 15.9 Å². The van der Waals surface area contributed by atoms with Gasteiger partial charge in [0.2, 0.25) is 11.8 Å². The highest BCUT2D eigenvalue weighted by atomic mass is 79.9. The quantitative estimate of drug-likeness (QED) is 0.718. The number of nitrogens with zero attached hydrogens (tertiary/aromatic N) is 3. The minimum atomic E-state index is -4.54. The zero-order valence-electron chi connectivity index (χ0n) is 13.3. The molecule has 7 nitrogen and oxygen atoms in total. The highest BCUT2D eigenvalue weighted by Crippen LogP contribution is 2.34. The number of fused-ring (bicyclic) bond motifs is 1. The number of benzene rings is 1. The van der Waals surface area contributed by atoms with Crippen molar-refractivity contribution in [2.45, 2.75) is 6.18 Å². The lowest BCUT2D eigenvalue weighted by Crippen LogP contribution is -2.46. The lowest BCUT2D eigenvalue weighted by Gasteiger charge is -2.30. The van der Waals surface area contributed by atoms with Crippen molar-refractivity contribution in [3.8, 4) is 5.75 Å². The summed E-state index contributed by atoms with van der Waals surface area (Å²) < 4.78 is 43.4. The molecule has 2 heterocycles. The molecular weight excluding hydrogens is 423 g/mol. The molecule has 0 N–H and O–H groups in total. The van der Waals surface area contributed by atoms with Gasteiger partial charge in [-0.15, -0.1) is 0 Å². The minimum absolute atomic E-state index is 0.254. The summed E-state index contributed by atoms with van der Waals surface area (Å²) in [6.07, 6.45) is -4.54. The Balaban J connectivity index is 1.71. The molecule has 3 rings (SSSR count). The first-order valence-electron chi connectivity index (χ1n) is 7.49. The first-order valence-corrected chi connectivity index (χ1v) is 8.28. The van der Waals surface area contributed by atoms with E-state index < -0.39 is 43.7 Å². The number of alkyl halides is 3. The fraction of sp³-hybridized carbons (Fsp3) is 0.400. The van der Waals surface area contributed by atoms with Crippen LogP contribution in [-0.2, 0) is 14.4 Å². The third-order valence-electron chi connectivity index (χ3n) is 3.90. The third kappa shape index (κ3) is 3.92. The Kier molecular flexibility index (Phi) is 4.82. The first-order chi connectivity index (χ1) is 12.1. The molecule has 2 aliphatic rings. The number of carbonyl (C=O) groups excluding carboxylic acids is 3. The summed E-state index contributed by atoms with van der Waals surface area (Å²) in [4.78, 5) is 39.0. The van der Waals surface area contributed by atoms with Gasteiger partial charge in [0.1, 0.15) is 25.4 Å². The molecule has 11 heteroatoms. The van der Waals surface area contributed by atoms with Crippen LogP contribution in [0.3, 0.4) is 0 Å². The second-order valence-corrected chi connectivity index (χ2v) is 6.74. The van der Waals surface area contributed by atoms with Crippen molar-refractivity contribution in [3.05, 3.63) is 22.7 Å². The van der Waals surface area contributed by atoms with Gasteiger partial charge in [-0.05, 0) is 18.2 Å². The number of halogens is 4. The van der Waals surface area contributed by atoms with Crippen molar-refractivity contribution in [3.63, 3.8) is 0 Å². The van der Waals surface area contributed by atoms with E-state index in [0.717, 1.165) is 9.37 Å². The third-order valence-corrected chi connectivity index (χ3v) is 4.39. The van der Waals surface area contributed by atoms with Gasteiger partial charge in [0.25, 0.3) is 5.91 Å². The average Bonchev–Trinajstić information content (AvgIpc) is 2.89. The van der Waals surface area contributed by atoms with Gasteiger partial charge >= 0.3 is 6.18 Å². The smallest absolute Gasteiger partial charge is 0.406 e. The molecule has 1 saturated heterocycles. The first kappa shape index (κ1) is 18.5. The molecule has 3 amide bonds. The monoisotopic (exact) mass is 435 g/mol. The van der Waals surface area contributed by atoms with Crippen LogP contribution in [0, 0.1) is 0 Å². The summed E-state index contributed by atoms with van der Waals surface area (Å²) in [6, 6.07) is 4.90. The fourth-order valence-electron chi connectivity index (χ4n) is 2.71. The van der Waals surface area contributed by atoms with Crippen LogP contribution in [0.4, 0.5) is 18.9 Å². The molecule has 26 heavy (non-hydrogen) atoms. The predicted octanol–water partition coefficient (Wildman–Crippen LogP) is 1.37. The van der Waals surface area contributed by atoms with Gasteiger partial charge in [-0.25, -0.2) is 0 Å². The van der Waals surface area contributed by atoms with E-state index in [1.807, 2.05) is 0 Å². The second-order valence-electron chi connectivity index (χ2n) is 5.82. The van der Waals surface area contributed by atoms with Gasteiger partial charge in [0.05, 0.1) is 12.4 Å². The summed E-state index contributed by atoms with van der Waals surface area (Å²) in [5.74, 6) is -1.45. The van der Waals surface area contributed by atoms with Crippen LogP contribution in [-0.4, -0.2) is 66.6 Å². The maximum absolute atomic E-state index is 12.5. The molecule has 0 saturated carbocycles. The van der Waals surface area contributed by atoms with Crippen LogP contribution in [0.15, 0.2) is 22.7 Å². The number of ether oxygens (including phenoxy) is 1. The Bertz CT molecular complexity index is 771. The molecule has 0 bridgehead atoms. The maximum Gasteiger partial charge on any atom is 0.406 e. The molecule has 1 aromatic carbocycles. The Labute approximate surface area is 154 Å². The molecular formula is C15H13BrF3N3O4. The van der Waals surface area contributed by atoms with Gasteiger partial charge in [0.15, 0.2) is 6.61 Å². The van der Waals surface area contributed by atoms with E-state index in [9.17, 15) is 27.6 Å². The zero-order chi connectivity index (χ0) is 19.1. The van der Waals surface area contributed by atoms with E-state index in [1.165, 1.54) is 4.90 Å². The number of amides is 3. The zero-order valence-corrected chi connectivity index (χ0v) is 14.8. The van der Waals surface area contributed by atoms with E-state index in [0.29, 0.717) is 16.3 Å². The molecule has 0 unspecified atom stereocenters. The van der Waals surface area contributed by atoms with Crippen molar-refractivity contribution in [2.75, 3.05) is 37.8 Å². The van der Waals surface area contributed by atoms with Crippen molar-refractivity contribution in [1.82, 2.24) is 9.80 Å². The van der Waals surface area contributed by atoms with Crippen LogP contribution in [0.1, 0.15) is 0 Å². The van der Waals surface area contributed by atoms with Crippen molar-refractivity contribution < 1.29 is 32.3 Å². The summed E-state index contributed by atoms with van der Waals surface area (Å²) in [5, 5.41) is 0. The standard InChI is InChI=1S/C15H13BrF3N3O4/c16-9-1-2-10-11(3-9)26-6-14(25)22(10)5-13(24)20-4-12(23)21(8-20)7-15(17,18)19/h1-3H,4-8H2. The molecule has 0 atom stereocenters. The van der Waals surface area contributed by atoms with E-state index in [-0.39, 0.29) is 13.2 Å². The molecule has 0 radical (unpaired) electrons. The number of hydrogen-bond acceptors (Lipinski definition) is 4. The minimum Gasteiger partial charge on any atom is -0.482 e. The topological polar surface area (TPSA) is 70.2 Å². The second kappa shape index (κ2) is 6.78. The fourth-order valence-corrected chi connectivity index (χ4v) is 3.05. The molecule has 0 aliphatic carbocycles. The lowest BCUT2D eigenvalue weighted by molar-refractivity contribution is -0.157. The Morgan fingerprint density at radius 3 is 2.65 bits per heavy atom. The Morgan fingerprint density at radius 2 is 1.96 bits per heavy atom. The highest BCUT2D eigenvalue weighted by molar-refractivity contribution is 9.10. The largest absolute Gasteiger partial charge is 0.482 e. The van der Waals surface area contributed by atoms with Gasteiger partial charge in [-0.2, -0.15) is 13.2 Å². The molecule has 0 spiro atoms. The van der Waals surface area contributed by atoms with Crippen molar-refractivity contribution in [1.29, 1.82) is 0 Å². The lowest BCUT2D eigenvalue weighted by atomic mass is 10.2. The van der Waals surface area contributed by atoms with E-state index >= 15 is 0 Å². The predicted molar refractivity (Wildman–Crippen MR) is 86.3 cm³/mol. The molecule has 0 aromatic heterocycles. The normalized spacial score (nSPS) is 17.5. The van der Waals surface area contributed by atoms with E-state index in [1.54, 1.807) is 18.2 Å². The number of hydrogen-bond donors (Lipinski definition) is 0. The Hall–Kier alpha value is -2.30. The van der Waals surface area contributed by atoms with Crippen LogP contribution in [0.2, 0.25) is 0 Å². The van der Waals surface area contributed by atoms with Gasteiger partial charge in [-0.3, -0.25) is 19.3 Å². The van der Waals surface area contributed by atoms with E-state index in [4.69, 9.17) is 4.74 Å². The molecule has 2 aliphatic heterocycles. The van der Waals surface area contributed by atoms with Crippen LogP contribution in [0.5, 0.6) is 5.75 Å². The highest BCUT2D eigenvalue weighted by Gasteiger charge is 2.39. The van der Waals surface area contributed by atoms with Crippen molar-refractivity contribution in [2.24, 2.45) is 0 Å². The Morgan fingerprint density at radius 1 is 1.23 bits per heavy atom. The number of rotatable bonds is 3. The molecule has 1 aromatic rings. The number of anilines is 1. The average molecular weight is 436 g/mol. The number of carbonyl (C=O) groups is 3. The van der Waals surface area contributed by atoms with E-state index in [2.05, 4.69) is 15.9 Å². The summed E-state index contributed by atoms with van der Waals surface area (Å²) in [7, 11) is 0. The SMILES string of the molecule is O=C(CN1C(=O)COc2cc(Br)ccc21)N1CC(=O)N(CC(F)(F)F)C1. The summed E-state index contributed by atoms with van der Waals surface area (Å²) in [5.41, 5.74) is 0.385. The van der Waals surface area contributed by atoms with Crippen molar-refractivity contribution >= 4 is 39.3 Å². The van der Waals surface area contributed by atoms with Crippen LogP contribution < -0.4 is 9.64 Å². The van der Waals surface area contributed by atoms with Gasteiger partial charge in [0, 0.05) is 4.47 Å².